The molecule has 1 fully saturated rings. The molecule has 3 rings (SSSR count). The molecule has 3 heterocycles. The highest BCUT2D eigenvalue weighted by molar-refractivity contribution is 7.12. The average Bonchev–Trinajstić information content (AvgIpc) is 3.33. The Balaban J connectivity index is 1.55. The van der Waals surface area contributed by atoms with Gasteiger partial charge in [-0.2, -0.15) is 13.2 Å². The summed E-state index contributed by atoms with van der Waals surface area (Å²) in [5.74, 6) is 0. The van der Waals surface area contributed by atoms with E-state index in [9.17, 15) is 13.2 Å². The number of nitrogens with one attached hydrogen (secondary N) is 3. The van der Waals surface area contributed by atoms with Gasteiger partial charge in [-0.25, -0.2) is 10.9 Å². The summed E-state index contributed by atoms with van der Waals surface area (Å²) in [5, 5.41) is 3.18. The number of dihydropyridines is 1. The molecular formula is C21H28F3N3S. The minimum Gasteiger partial charge on any atom is -0.383 e. The molecular weight excluding hydrogens is 383 g/mol. The summed E-state index contributed by atoms with van der Waals surface area (Å²) < 4.78 is 38.5. The number of halogens is 3. The van der Waals surface area contributed by atoms with Gasteiger partial charge in [-0.1, -0.05) is 38.3 Å². The largest absolute Gasteiger partial charge is 0.405 e. The first-order chi connectivity index (χ1) is 13.5. The number of hydrogen-bond donors (Lipinski definition) is 3. The third-order valence-electron chi connectivity index (χ3n) is 5.04. The van der Waals surface area contributed by atoms with Gasteiger partial charge in [-0.3, -0.25) is 0 Å². The second-order valence-electron chi connectivity index (χ2n) is 7.30. The van der Waals surface area contributed by atoms with E-state index in [0.29, 0.717) is 6.54 Å². The molecule has 154 valence electrons. The number of hydrazine groups is 1. The Hall–Kier alpha value is -1.57. The van der Waals surface area contributed by atoms with E-state index < -0.39 is 12.2 Å². The molecule has 1 aromatic rings. The first kappa shape index (κ1) is 21.1. The zero-order valence-electron chi connectivity index (χ0n) is 16.1. The number of thiophene rings is 1. The molecule has 0 spiro atoms. The molecule has 2 aliphatic rings. The van der Waals surface area contributed by atoms with Gasteiger partial charge < -0.3 is 5.32 Å². The van der Waals surface area contributed by atoms with E-state index >= 15 is 0 Å². The molecule has 7 heteroatoms. The molecule has 1 aromatic heterocycles. The van der Waals surface area contributed by atoms with E-state index in [-0.39, 0.29) is 12.5 Å². The third-order valence-corrected chi connectivity index (χ3v) is 6.15. The van der Waals surface area contributed by atoms with Gasteiger partial charge in [0.1, 0.15) is 6.04 Å². The Morgan fingerprint density at radius 3 is 2.75 bits per heavy atom. The van der Waals surface area contributed by atoms with E-state index in [1.165, 1.54) is 35.4 Å². The highest BCUT2D eigenvalue weighted by atomic mass is 32.1. The number of allylic oxidation sites excluding steroid dienone is 3. The summed E-state index contributed by atoms with van der Waals surface area (Å²) in [5.41, 5.74) is 6.92. The monoisotopic (exact) mass is 411 g/mol. The predicted octanol–water partition coefficient (Wildman–Crippen LogP) is 5.10. The van der Waals surface area contributed by atoms with Crippen molar-refractivity contribution in [1.29, 1.82) is 0 Å². The molecule has 0 saturated carbocycles. The lowest BCUT2D eigenvalue weighted by atomic mass is 10.0. The Labute approximate surface area is 168 Å². The number of alkyl halides is 3. The highest BCUT2D eigenvalue weighted by Gasteiger charge is 2.45. The maximum Gasteiger partial charge on any atom is 0.405 e. The fraction of sp³-hybridized carbons (Fsp3) is 0.524. The van der Waals surface area contributed by atoms with Crippen molar-refractivity contribution in [3.63, 3.8) is 0 Å². The second kappa shape index (κ2) is 9.76. The van der Waals surface area contributed by atoms with Gasteiger partial charge in [0, 0.05) is 22.0 Å². The minimum atomic E-state index is -4.23. The maximum absolute atomic E-state index is 12.8. The summed E-state index contributed by atoms with van der Waals surface area (Å²) in [7, 11) is 0. The average molecular weight is 412 g/mol. The molecule has 3 N–H and O–H groups in total. The van der Waals surface area contributed by atoms with Crippen LogP contribution in [-0.4, -0.2) is 24.8 Å². The first-order valence-electron chi connectivity index (χ1n) is 9.96. The standard InChI is InChI=1S/C21H28F3N3S/c1-2-3-4-5-6-16-9-10-17(28-16)8-7-15-11-12-25-18(13-15)19-14-20(27-26-19)21(22,23)24/h7-11,13,19-20,25-27H,2-6,12,14H2,1H3/b8-7+. The van der Waals surface area contributed by atoms with E-state index in [1.807, 2.05) is 29.6 Å². The van der Waals surface area contributed by atoms with Crippen molar-refractivity contribution in [3.05, 3.63) is 51.4 Å². The molecule has 2 unspecified atom stereocenters. The molecule has 0 amide bonds. The molecule has 1 saturated heterocycles. The van der Waals surface area contributed by atoms with Crippen molar-refractivity contribution < 1.29 is 13.2 Å². The van der Waals surface area contributed by atoms with Crippen LogP contribution in [0, 0.1) is 0 Å². The lowest BCUT2D eigenvalue weighted by Gasteiger charge is -2.20. The fourth-order valence-corrected chi connectivity index (χ4v) is 4.37. The van der Waals surface area contributed by atoms with Gasteiger partial charge in [-0.05, 0) is 49.1 Å². The minimum absolute atomic E-state index is 0.00829. The Kier molecular flexibility index (Phi) is 7.37. The number of aryl methyl sites for hydroxylation is 1. The van der Waals surface area contributed by atoms with Crippen molar-refractivity contribution in [2.24, 2.45) is 0 Å². The molecule has 2 aliphatic heterocycles. The normalized spacial score (nSPS) is 23.0. The van der Waals surface area contributed by atoms with Crippen LogP contribution >= 0.6 is 11.3 Å². The summed E-state index contributed by atoms with van der Waals surface area (Å²) in [6.07, 6.45) is 10.1. The number of rotatable bonds is 8. The lowest BCUT2D eigenvalue weighted by Crippen LogP contribution is -2.42. The molecule has 3 nitrogen and oxygen atoms in total. The predicted molar refractivity (Wildman–Crippen MR) is 110 cm³/mol. The van der Waals surface area contributed by atoms with Gasteiger partial charge in [-0.15, -0.1) is 11.3 Å². The Bertz CT molecular complexity index is 733. The van der Waals surface area contributed by atoms with E-state index in [2.05, 4.69) is 41.3 Å². The van der Waals surface area contributed by atoms with Gasteiger partial charge in [0.25, 0.3) is 0 Å². The molecule has 28 heavy (non-hydrogen) atoms. The van der Waals surface area contributed by atoms with Crippen LogP contribution in [0.15, 0.2) is 41.6 Å². The van der Waals surface area contributed by atoms with Crippen LogP contribution in [0.4, 0.5) is 13.2 Å². The first-order valence-corrected chi connectivity index (χ1v) is 10.8. The maximum atomic E-state index is 12.8. The Morgan fingerprint density at radius 1 is 1.14 bits per heavy atom. The zero-order valence-corrected chi connectivity index (χ0v) is 16.9. The molecule has 0 aliphatic carbocycles. The molecule has 0 aromatic carbocycles. The van der Waals surface area contributed by atoms with Crippen molar-refractivity contribution in [3.8, 4) is 0 Å². The highest BCUT2D eigenvalue weighted by Crippen LogP contribution is 2.28. The van der Waals surface area contributed by atoms with Crippen LogP contribution < -0.4 is 16.2 Å². The third kappa shape index (κ3) is 5.96. The van der Waals surface area contributed by atoms with Crippen LogP contribution in [0.1, 0.15) is 48.8 Å². The SMILES string of the molecule is CCCCCCc1ccc(/C=C/C2=CCNC(C3CC(C(F)(F)F)NN3)=C2)s1. The lowest BCUT2D eigenvalue weighted by molar-refractivity contribution is -0.152. The fourth-order valence-electron chi connectivity index (χ4n) is 3.41. The summed E-state index contributed by atoms with van der Waals surface area (Å²) >= 11 is 1.81. The quantitative estimate of drug-likeness (QED) is 0.521. The van der Waals surface area contributed by atoms with Crippen molar-refractivity contribution in [1.82, 2.24) is 16.2 Å². The Morgan fingerprint density at radius 2 is 2.00 bits per heavy atom. The van der Waals surface area contributed by atoms with Gasteiger partial charge in [0.2, 0.25) is 0 Å². The van der Waals surface area contributed by atoms with Gasteiger partial charge in [0.05, 0.1) is 6.04 Å². The summed E-state index contributed by atoms with van der Waals surface area (Å²) in [6, 6.07) is 2.46. The van der Waals surface area contributed by atoms with Crippen molar-refractivity contribution >= 4 is 17.4 Å². The number of unbranched alkanes of at least 4 members (excludes halogenated alkanes) is 3. The summed E-state index contributed by atoms with van der Waals surface area (Å²) in [4.78, 5) is 2.61. The van der Waals surface area contributed by atoms with Crippen molar-refractivity contribution in [2.45, 2.75) is 63.7 Å². The second-order valence-corrected chi connectivity index (χ2v) is 8.50. The van der Waals surface area contributed by atoms with E-state index in [0.717, 1.165) is 17.7 Å². The van der Waals surface area contributed by atoms with Crippen LogP contribution in [0.5, 0.6) is 0 Å². The summed E-state index contributed by atoms with van der Waals surface area (Å²) in [6.45, 7) is 2.84. The van der Waals surface area contributed by atoms with E-state index in [4.69, 9.17) is 0 Å². The van der Waals surface area contributed by atoms with Crippen LogP contribution in [0.3, 0.4) is 0 Å². The van der Waals surface area contributed by atoms with E-state index in [1.54, 1.807) is 0 Å². The zero-order chi connectivity index (χ0) is 20.0. The van der Waals surface area contributed by atoms with Crippen molar-refractivity contribution in [2.75, 3.05) is 6.54 Å². The molecule has 2 atom stereocenters. The van der Waals surface area contributed by atoms with Gasteiger partial charge in [0.15, 0.2) is 0 Å². The van der Waals surface area contributed by atoms with Gasteiger partial charge >= 0.3 is 6.18 Å². The number of hydrogen-bond acceptors (Lipinski definition) is 4. The van der Waals surface area contributed by atoms with Crippen LogP contribution in [0.2, 0.25) is 0 Å². The molecule has 0 radical (unpaired) electrons. The van der Waals surface area contributed by atoms with Crippen LogP contribution in [-0.2, 0) is 6.42 Å². The van der Waals surface area contributed by atoms with Crippen LogP contribution in [0.25, 0.3) is 6.08 Å². The topological polar surface area (TPSA) is 36.1 Å². The smallest absolute Gasteiger partial charge is 0.383 e. The molecule has 0 bridgehead atoms.